The molecule has 0 aliphatic heterocycles. The largest absolute Gasteiger partial charge is 0.455 e. The maximum Gasteiger partial charge on any atom is 0.180 e. The summed E-state index contributed by atoms with van der Waals surface area (Å²) in [4.78, 5) is 25.5. The molecule has 0 fully saturated rings. The molecule has 0 amide bonds. The van der Waals surface area contributed by atoms with Gasteiger partial charge in [0.15, 0.2) is 28.9 Å². The van der Waals surface area contributed by atoms with Gasteiger partial charge in [-0.3, -0.25) is 0 Å². The number of para-hydroxylation sites is 2. The van der Waals surface area contributed by atoms with Crippen LogP contribution in [0.3, 0.4) is 0 Å². The molecule has 4 aromatic heterocycles. The van der Waals surface area contributed by atoms with Crippen LogP contribution in [0.5, 0.6) is 0 Å². The van der Waals surface area contributed by atoms with Crippen molar-refractivity contribution in [2.24, 2.45) is 0 Å². The number of benzene rings is 8. The molecule has 7 nitrogen and oxygen atoms in total. The van der Waals surface area contributed by atoms with Gasteiger partial charge in [0.05, 0.1) is 10.9 Å². The van der Waals surface area contributed by atoms with E-state index in [0.29, 0.717) is 40.0 Å². The van der Waals surface area contributed by atoms with Crippen LogP contribution < -0.4 is 0 Å². The van der Waals surface area contributed by atoms with Crippen molar-refractivity contribution in [1.82, 2.24) is 24.9 Å². The average Bonchev–Trinajstić information content (AvgIpc) is 3.94. The molecule has 0 radical (unpaired) electrons. The van der Waals surface area contributed by atoms with Crippen LogP contribution in [0.4, 0.5) is 0 Å². The third-order valence-electron chi connectivity index (χ3n) is 11.4. The Morgan fingerprint density at radius 1 is 0.274 bits per heavy atom. The van der Waals surface area contributed by atoms with Crippen LogP contribution in [0.1, 0.15) is 0 Å². The highest BCUT2D eigenvalue weighted by molar-refractivity contribution is 6.18. The van der Waals surface area contributed by atoms with Crippen LogP contribution in [0.2, 0.25) is 0 Å². The lowest BCUT2D eigenvalue weighted by Crippen LogP contribution is -2.00. The summed E-state index contributed by atoms with van der Waals surface area (Å²) in [6, 6.07) is 67.5. The fraction of sp³-hybridized carbons (Fsp3) is 0. The van der Waals surface area contributed by atoms with E-state index in [1.165, 1.54) is 0 Å². The molecule has 12 aromatic rings. The van der Waals surface area contributed by atoms with Crippen molar-refractivity contribution in [2.45, 2.75) is 0 Å². The molecule has 0 aliphatic rings. The van der Waals surface area contributed by atoms with E-state index in [4.69, 9.17) is 33.8 Å². The lowest BCUT2D eigenvalue weighted by atomic mass is 9.98. The van der Waals surface area contributed by atoms with E-state index in [1.54, 1.807) is 0 Å². The van der Waals surface area contributed by atoms with Gasteiger partial charge in [-0.05, 0) is 28.8 Å². The minimum atomic E-state index is 0.522. The molecule has 0 saturated heterocycles. The monoisotopic (exact) mass is 795 g/mol. The Hall–Kier alpha value is -8.55. The summed E-state index contributed by atoms with van der Waals surface area (Å²) in [5.74, 6) is 2.30. The highest BCUT2D eigenvalue weighted by Gasteiger charge is 2.24. The van der Waals surface area contributed by atoms with Crippen LogP contribution in [0, 0.1) is 0 Å². The SMILES string of the molecule is c1ccc(-c2ccc(-c3nc(-c4ccccc4)nc(-c4cccc5c4oc4c(-c6cccc7oc8c(-c9ccccc9)nc(-c9ccccc9)nc8c67)cccc45)n3)cc2)cc1. The number of furan rings is 2. The molecule has 12 rings (SSSR count). The predicted molar refractivity (Wildman–Crippen MR) is 248 cm³/mol. The zero-order chi connectivity index (χ0) is 41.0. The predicted octanol–water partition coefficient (Wildman–Crippen LogP) is 14.1. The molecule has 290 valence electrons. The summed E-state index contributed by atoms with van der Waals surface area (Å²) in [6.45, 7) is 0. The first-order valence-corrected chi connectivity index (χ1v) is 20.5. The summed E-state index contributed by atoms with van der Waals surface area (Å²) in [7, 11) is 0. The van der Waals surface area contributed by atoms with E-state index < -0.39 is 0 Å². The summed E-state index contributed by atoms with van der Waals surface area (Å²) in [5, 5.41) is 2.82. The molecule has 4 heterocycles. The van der Waals surface area contributed by atoms with Crippen LogP contribution in [-0.4, -0.2) is 24.9 Å². The quantitative estimate of drug-likeness (QED) is 0.159. The van der Waals surface area contributed by atoms with Crippen LogP contribution >= 0.6 is 0 Å². The lowest BCUT2D eigenvalue weighted by Gasteiger charge is -2.09. The average molecular weight is 796 g/mol. The van der Waals surface area contributed by atoms with Crippen LogP contribution in [0.25, 0.3) is 123 Å². The van der Waals surface area contributed by atoms with Gasteiger partial charge in [-0.25, -0.2) is 24.9 Å². The van der Waals surface area contributed by atoms with Crippen molar-refractivity contribution in [3.8, 4) is 79.1 Å². The fourth-order valence-electron chi connectivity index (χ4n) is 8.41. The summed E-state index contributed by atoms with van der Waals surface area (Å²) >= 11 is 0. The number of nitrogens with zero attached hydrogens (tertiary/aromatic N) is 5. The highest BCUT2D eigenvalue weighted by atomic mass is 16.3. The second-order valence-corrected chi connectivity index (χ2v) is 15.2. The summed E-state index contributed by atoms with van der Waals surface area (Å²) in [5.41, 5.74) is 12.8. The third kappa shape index (κ3) is 6.02. The highest BCUT2D eigenvalue weighted by Crippen LogP contribution is 2.44. The molecular formula is C55H33N5O2. The van der Waals surface area contributed by atoms with E-state index in [2.05, 4.69) is 78.9 Å². The molecule has 0 spiro atoms. The van der Waals surface area contributed by atoms with Crippen molar-refractivity contribution in [3.05, 3.63) is 200 Å². The van der Waals surface area contributed by atoms with Gasteiger partial charge in [0.25, 0.3) is 0 Å². The van der Waals surface area contributed by atoms with Crippen molar-refractivity contribution in [3.63, 3.8) is 0 Å². The Morgan fingerprint density at radius 3 is 1.35 bits per heavy atom. The smallest absolute Gasteiger partial charge is 0.180 e. The van der Waals surface area contributed by atoms with Crippen LogP contribution in [-0.2, 0) is 0 Å². The number of hydrogen-bond donors (Lipinski definition) is 0. The standard InChI is InChI=1S/C55H33N5O2/c1-5-16-34(17-6-1)35-30-32-39(33-31-35)54-58-53(38-22-11-4-12-23-38)59-55(60-54)44-28-14-27-43-42-26-13-25-41(49(42)62-50(43)44)40-24-15-29-45-46(40)48-51(61-45)47(36-18-7-2-8-19-36)56-52(57-48)37-20-9-3-10-21-37/h1-33H. The second kappa shape index (κ2) is 14.6. The van der Waals surface area contributed by atoms with E-state index in [0.717, 1.165) is 83.0 Å². The first-order valence-electron chi connectivity index (χ1n) is 20.5. The maximum absolute atomic E-state index is 7.04. The van der Waals surface area contributed by atoms with Gasteiger partial charge in [0, 0.05) is 38.6 Å². The molecular weight excluding hydrogens is 763 g/mol. The number of rotatable bonds is 7. The van der Waals surface area contributed by atoms with Crippen molar-refractivity contribution in [2.75, 3.05) is 0 Å². The number of aromatic nitrogens is 5. The van der Waals surface area contributed by atoms with Gasteiger partial charge in [0.2, 0.25) is 0 Å². The molecule has 0 atom stereocenters. The van der Waals surface area contributed by atoms with Gasteiger partial charge in [0.1, 0.15) is 28.0 Å². The molecule has 8 aromatic carbocycles. The third-order valence-corrected chi connectivity index (χ3v) is 11.4. The lowest BCUT2D eigenvalue weighted by molar-refractivity contribution is 0.667. The fourth-order valence-corrected chi connectivity index (χ4v) is 8.41. The van der Waals surface area contributed by atoms with Gasteiger partial charge < -0.3 is 8.83 Å². The second-order valence-electron chi connectivity index (χ2n) is 15.2. The molecule has 62 heavy (non-hydrogen) atoms. The normalized spacial score (nSPS) is 11.5. The topological polar surface area (TPSA) is 90.7 Å². The zero-order valence-electron chi connectivity index (χ0n) is 33.1. The van der Waals surface area contributed by atoms with Gasteiger partial charge in [-0.1, -0.05) is 188 Å². The first kappa shape index (κ1) is 35.4. The molecule has 0 unspecified atom stereocenters. The molecule has 0 bridgehead atoms. The molecule has 0 aliphatic carbocycles. The molecule has 0 N–H and O–H groups in total. The van der Waals surface area contributed by atoms with Crippen molar-refractivity contribution >= 4 is 44.0 Å². The Labute approximate surface area is 355 Å². The van der Waals surface area contributed by atoms with E-state index in [9.17, 15) is 0 Å². The van der Waals surface area contributed by atoms with E-state index in [-0.39, 0.29) is 0 Å². The zero-order valence-corrected chi connectivity index (χ0v) is 33.1. The van der Waals surface area contributed by atoms with Crippen molar-refractivity contribution in [1.29, 1.82) is 0 Å². The summed E-state index contributed by atoms with van der Waals surface area (Å²) < 4.78 is 13.7. The van der Waals surface area contributed by atoms with E-state index in [1.807, 2.05) is 121 Å². The van der Waals surface area contributed by atoms with Gasteiger partial charge in [-0.2, -0.15) is 0 Å². The van der Waals surface area contributed by atoms with Crippen LogP contribution in [0.15, 0.2) is 209 Å². The Kier molecular flexibility index (Phi) is 8.35. The minimum absolute atomic E-state index is 0.522. The first-order chi connectivity index (χ1) is 30.7. The van der Waals surface area contributed by atoms with Gasteiger partial charge >= 0.3 is 0 Å². The molecule has 7 heteroatoms. The number of hydrogen-bond acceptors (Lipinski definition) is 7. The Balaban J connectivity index is 1.05. The Morgan fingerprint density at radius 2 is 0.726 bits per heavy atom. The number of fused-ring (bicyclic) bond motifs is 6. The van der Waals surface area contributed by atoms with Gasteiger partial charge in [-0.15, -0.1) is 0 Å². The minimum Gasteiger partial charge on any atom is -0.455 e. The summed E-state index contributed by atoms with van der Waals surface area (Å²) in [6.07, 6.45) is 0. The Bertz CT molecular complexity index is 3610. The van der Waals surface area contributed by atoms with E-state index >= 15 is 0 Å². The maximum atomic E-state index is 7.04. The molecule has 0 saturated carbocycles. The van der Waals surface area contributed by atoms with Crippen molar-refractivity contribution < 1.29 is 8.83 Å².